The molecule has 3 atom stereocenters. The Bertz CT molecular complexity index is 652. The minimum atomic E-state index is -0.0533. The van der Waals surface area contributed by atoms with E-state index in [4.69, 9.17) is 0 Å². The van der Waals surface area contributed by atoms with Crippen LogP contribution in [0, 0.1) is 17.8 Å². The molecular formula is C15H15N3O2. The number of para-hydroxylation sites is 1. The first-order chi connectivity index (χ1) is 9.66. The molecule has 102 valence electrons. The Morgan fingerprint density at radius 3 is 2.90 bits per heavy atom. The average Bonchev–Trinajstić information content (AvgIpc) is 3.23. The number of rotatable bonds is 0. The van der Waals surface area contributed by atoms with Gasteiger partial charge in [-0.15, -0.1) is 0 Å². The van der Waals surface area contributed by atoms with Gasteiger partial charge in [-0.3, -0.25) is 14.5 Å². The summed E-state index contributed by atoms with van der Waals surface area (Å²) in [6, 6.07) is 7.93. The number of nitrogens with zero attached hydrogens (tertiary/aromatic N) is 2. The van der Waals surface area contributed by atoms with Crippen molar-refractivity contribution in [3.05, 3.63) is 29.8 Å². The van der Waals surface area contributed by atoms with Gasteiger partial charge in [0.05, 0.1) is 11.6 Å². The molecule has 3 unspecified atom stereocenters. The van der Waals surface area contributed by atoms with Gasteiger partial charge >= 0.3 is 0 Å². The summed E-state index contributed by atoms with van der Waals surface area (Å²) in [5.41, 5.74) is 4.62. The van der Waals surface area contributed by atoms with Gasteiger partial charge in [0.2, 0.25) is 11.8 Å². The number of carbonyl (C=O) groups excluding carboxylic acids is 2. The van der Waals surface area contributed by atoms with Gasteiger partial charge in [0, 0.05) is 11.8 Å². The summed E-state index contributed by atoms with van der Waals surface area (Å²) in [5.74, 6) is 0.806. The van der Waals surface area contributed by atoms with Gasteiger partial charge < -0.3 is 0 Å². The van der Waals surface area contributed by atoms with Crippen LogP contribution in [-0.4, -0.2) is 17.6 Å². The Balaban J connectivity index is 1.81. The van der Waals surface area contributed by atoms with E-state index in [9.17, 15) is 9.59 Å². The molecule has 0 radical (unpaired) electrons. The fourth-order valence-corrected chi connectivity index (χ4v) is 3.16. The predicted octanol–water partition coefficient (Wildman–Crippen LogP) is 1.29. The van der Waals surface area contributed by atoms with E-state index >= 15 is 0 Å². The number of hydrogen-bond donors (Lipinski definition) is 1. The molecule has 0 aromatic heterocycles. The first-order valence-electron chi connectivity index (χ1n) is 6.96. The Morgan fingerprint density at radius 2 is 2.05 bits per heavy atom. The van der Waals surface area contributed by atoms with Crippen molar-refractivity contribution in [1.29, 1.82) is 0 Å². The van der Waals surface area contributed by atoms with Crippen LogP contribution in [0.15, 0.2) is 29.4 Å². The summed E-state index contributed by atoms with van der Waals surface area (Å²) in [6.45, 7) is 1.94. The van der Waals surface area contributed by atoms with E-state index in [2.05, 4.69) is 16.6 Å². The number of hydrogen-bond acceptors (Lipinski definition) is 3. The van der Waals surface area contributed by atoms with E-state index < -0.39 is 0 Å². The highest BCUT2D eigenvalue weighted by molar-refractivity contribution is 6.22. The number of hydrazone groups is 1. The SMILES string of the molecule is CC1Cc2ccccc2N(C2=NNC(=O)C3CC23)C1=O. The van der Waals surface area contributed by atoms with E-state index in [1.165, 1.54) is 0 Å². The molecule has 5 heteroatoms. The lowest BCUT2D eigenvalue weighted by Gasteiger charge is -2.34. The lowest BCUT2D eigenvalue weighted by atomic mass is 9.92. The molecule has 5 nitrogen and oxygen atoms in total. The summed E-state index contributed by atoms with van der Waals surface area (Å²) < 4.78 is 0. The number of nitrogens with one attached hydrogen (secondary N) is 1. The third kappa shape index (κ3) is 1.52. The second-order valence-corrected chi connectivity index (χ2v) is 5.80. The molecule has 0 bridgehead atoms. The molecule has 1 N–H and O–H groups in total. The second-order valence-electron chi connectivity index (χ2n) is 5.80. The van der Waals surface area contributed by atoms with Crippen LogP contribution < -0.4 is 10.3 Å². The van der Waals surface area contributed by atoms with Crippen LogP contribution in [-0.2, 0) is 16.0 Å². The number of fused-ring (bicyclic) bond motifs is 2. The lowest BCUT2D eigenvalue weighted by Crippen LogP contribution is -2.48. The van der Waals surface area contributed by atoms with E-state index in [0.717, 1.165) is 24.1 Å². The van der Waals surface area contributed by atoms with Crippen molar-refractivity contribution in [2.75, 3.05) is 4.90 Å². The largest absolute Gasteiger partial charge is 0.274 e. The van der Waals surface area contributed by atoms with Gasteiger partial charge in [-0.25, -0.2) is 5.43 Å². The van der Waals surface area contributed by atoms with Crippen LogP contribution in [0.1, 0.15) is 18.9 Å². The van der Waals surface area contributed by atoms with Gasteiger partial charge in [0.1, 0.15) is 5.84 Å². The first kappa shape index (κ1) is 11.6. The first-order valence-corrected chi connectivity index (χ1v) is 6.96. The Hall–Kier alpha value is -2.17. The molecule has 4 rings (SSSR count). The monoisotopic (exact) mass is 269 g/mol. The molecule has 1 aromatic carbocycles. The minimum Gasteiger partial charge on any atom is -0.274 e. The van der Waals surface area contributed by atoms with Crippen LogP contribution in [0.3, 0.4) is 0 Å². The number of carbonyl (C=O) groups is 2. The van der Waals surface area contributed by atoms with Gasteiger partial charge in [0.25, 0.3) is 0 Å². The molecule has 1 aromatic rings. The number of anilines is 1. The normalized spacial score (nSPS) is 31.1. The summed E-state index contributed by atoms with van der Waals surface area (Å²) in [5, 5.41) is 4.16. The average molecular weight is 269 g/mol. The van der Waals surface area contributed by atoms with Crippen molar-refractivity contribution in [3.63, 3.8) is 0 Å². The van der Waals surface area contributed by atoms with Crippen LogP contribution in [0.25, 0.3) is 0 Å². The van der Waals surface area contributed by atoms with Crippen molar-refractivity contribution in [3.8, 4) is 0 Å². The number of amides is 2. The Kier molecular flexibility index (Phi) is 2.28. The summed E-state index contributed by atoms with van der Waals surface area (Å²) in [7, 11) is 0. The highest BCUT2D eigenvalue weighted by Crippen LogP contribution is 2.44. The van der Waals surface area contributed by atoms with Crippen LogP contribution in [0.5, 0.6) is 0 Å². The zero-order valence-electron chi connectivity index (χ0n) is 11.2. The van der Waals surface area contributed by atoms with Crippen LogP contribution in [0.4, 0.5) is 5.69 Å². The van der Waals surface area contributed by atoms with Gasteiger partial charge in [-0.1, -0.05) is 25.1 Å². The molecule has 2 amide bonds. The van der Waals surface area contributed by atoms with Crippen molar-refractivity contribution in [2.45, 2.75) is 19.8 Å². The van der Waals surface area contributed by atoms with Gasteiger partial charge in [-0.2, -0.15) is 5.10 Å². The molecule has 1 fully saturated rings. The maximum Gasteiger partial charge on any atom is 0.243 e. The molecule has 20 heavy (non-hydrogen) atoms. The second kappa shape index (κ2) is 3.91. The van der Waals surface area contributed by atoms with Crippen molar-refractivity contribution >= 4 is 23.3 Å². The predicted molar refractivity (Wildman–Crippen MR) is 74.0 cm³/mol. The highest BCUT2D eigenvalue weighted by Gasteiger charge is 2.52. The van der Waals surface area contributed by atoms with E-state index in [1.54, 1.807) is 4.90 Å². The number of amidine groups is 1. The summed E-state index contributed by atoms with van der Waals surface area (Å²) >= 11 is 0. The van der Waals surface area contributed by atoms with Crippen LogP contribution in [0.2, 0.25) is 0 Å². The van der Waals surface area contributed by atoms with Crippen LogP contribution >= 0.6 is 0 Å². The Labute approximate surface area is 116 Å². The third-order valence-electron chi connectivity index (χ3n) is 4.37. The molecule has 1 aliphatic carbocycles. The topological polar surface area (TPSA) is 61.8 Å². The quantitative estimate of drug-likeness (QED) is 0.771. The summed E-state index contributed by atoms with van der Waals surface area (Å²) in [6.07, 6.45) is 1.56. The van der Waals surface area contributed by atoms with Gasteiger partial charge in [0.15, 0.2) is 0 Å². The van der Waals surface area contributed by atoms with Crippen molar-refractivity contribution < 1.29 is 9.59 Å². The highest BCUT2D eigenvalue weighted by atomic mass is 16.2. The zero-order valence-corrected chi connectivity index (χ0v) is 11.2. The molecule has 0 spiro atoms. The smallest absolute Gasteiger partial charge is 0.243 e. The fraction of sp³-hybridized carbons (Fsp3) is 0.400. The molecule has 3 aliphatic rings. The standard InChI is InChI=1S/C15H15N3O2/c1-8-6-9-4-2-3-5-12(9)18(15(8)20)13-10-7-11(10)14(19)17-16-13/h2-5,8,10-11H,6-7H2,1H3,(H,17,19). The minimum absolute atomic E-state index is 0.000283. The third-order valence-corrected chi connectivity index (χ3v) is 4.37. The zero-order chi connectivity index (χ0) is 13.9. The van der Waals surface area contributed by atoms with E-state index in [0.29, 0.717) is 5.84 Å². The Morgan fingerprint density at radius 1 is 1.25 bits per heavy atom. The molecule has 2 aliphatic heterocycles. The maximum absolute atomic E-state index is 12.6. The van der Waals surface area contributed by atoms with Gasteiger partial charge in [-0.05, 0) is 24.5 Å². The number of benzene rings is 1. The fourth-order valence-electron chi connectivity index (χ4n) is 3.16. The lowest BCUT2D eigenvalue weighted by molar-refractivity contribution is -0.123. The summed E-state index contributed by atoms with van der Waals surface area (Å²) in [4.78, 5) is 25.8. The maximum atomic E-state index is 12.6. The van der Waals surface area contributed by atoms with Crippen molar-refractivity contribution in [1.82, 2.24) is 5.43 Å². The van der Waals surface area contributed by atoms with Crippen molar-refractivity contribution in [2.24, 2.45) is 22.9 Å². The molecule has 2 heterocycles. The molecule has 1 saturated carbocycles. The molecule has 0 saturated heterocycles. The van der Waals surface area contributed by atoms with E-state index in [1.807, 2.05) is 25.1 Å². The molecular weight excluding hydrogens is 254 g/mol. The van der Waals surface area contributed by atoms with E-state index in [-0.39, 0.29) is 29.6 Å².